The van der Waals surface area contributed by atoms with Gasteiger partial charge in [-0.25, -0.2) is 18.2 Å². The highest BCUT2D eigenvalue weighted by molar-refractivity contribution is 5.82. The molecule has 0 unspecified atom stereocenters. The maximum absolute atomic E-state index is 13.5. The molecule has 2 aromatic carbocycles. The summed E-state index contributed by atoms with van der Waals surface area (Å²) in [6, 6.07) is 6.13. The molecule has 0 amide bonds. The van der Waals surface area contributed by atoms with E-state index in [-0.39, 0.29) is 11.3 Å². The second-order valence-corrected chi connectivity index (χ2v) is 4.07. The first-order valence-electron chi connectivity index (χ1n) is 5.45. The van der Waals surface area contributed by atoms with Crippen molar-refractivity contribution in [1.82, 2.24) is 9.97 Å². The highest BCUT2D eigenvalue weighted by atomic mass is 19.2. The molecule has 0 saturated carbocycles. The van der Waals surface area contributed by atoms with Crippen molar-refractivity contribution in [2.75, 3.05) is 5.73 Å². The van der Waals surface area contributed by atoms with E-state index in [9.17, 15) is 13.2 Å². The minimum Gasteiger partial charge on any atom is -0.398 e. The molecule has 0 radical (unpaired) electrons. The lowest BCUT2D eigenvalue weighted by Crippen LogP contribution is -1.92. The Kier molecular flexibility index (Phi) is 2.45. The fourth-order valence-electron chi connectivity index (χ4n) is 1.88. The van der Waals surface area contributed by atoms with Crippen LogP contribution in [0, 0.1) is 17.5 Å². The molecule has 3 nitrogen and oxygen atoms in total. The number of aromatic amines is 1. The van der Waals surface area contributed by atoms with Crippen molar-refractivity contribution >= 4 is 16.7 Å². The number of imidazole rings is 1. The quantitative estimate of drug-likeness (QED) is 0.662. The zero-order valence-electron chi connectivity index (χ0n) is 9.55. The van der Waals surface area contributed by atoms with Crippen LogP contribution in [0.25, 0.3) is 22.4 Å². The van der Waals surface area contributed by atoms with E-state index in [0.29, 0.717) is 16.8 Å². The third-order valence-electron chi connectivity index (χ3n) is 2.82. The van der Waals surface area contributed by atoms with Crippen molar-refractivity contribution in [1.29, 1.82) is 0 Å². The summed E-state index contributed by atoms with van der Waals surface area (Å²) in [6.07, 6.45) is 0. The number of nitrogen functional groups attached to an aromatic ring is 1. The van der Waals surface area contributed by atoms with Crippen LogP contribution in [0.1, 0.15) is 0 Å². The highest BCUT2D eigenvalue weighted by Crippen LogP contribution is 2.27. The fourth-order valence-corrected chi connectivity index (χ4v) is 1.88. The molecular weight excluding hydrogens is 255 g/mol. The fraction of sp³-hybridized carbons (Fsp3) is 0. The van der Waals surface area contributed by atoms with Gasteiger partial charge in [0, 0.05) is 11.3 Å². The number of rotatable bonds is 1. The summed E-state index contributed by atoms with van der Waals surface area (Å²) in [5, 5.41) is 0. The number of nitrogens with two attached hydrogens (primary N) is 1. The van der Waals surface area contributed by atoms with E-state index in [1.807, 2.05) is 0 Å². The van der Waals surface area contributed by atoms with E-state index < -0.39 is 17.5 Å². The molecular formula is C13H8F3N3. The maximum Gasteiger partial charge on any atom is 0.186 e. The number of H-pyrrole nitrogens is 1. The summed E-state index contributed by atoms with van der Waals surface area (Å²) in [6.45, 7) is 0. The largest absolute Gasteiger partial charge is 0.398 e. The van der Waals surface area contributed by atoms with Crippen molar-refractivity contribution in [2.24, 2.45) is 0 Å². The number of hydrogen-bond acceptors (Lipinski definition) is 2. The Morgan fingerprint density at radius 2 is 1.84 bits per heavy atom. The molecule has 96 valence electrons. The molecule has 1 heterocycles. The van der Waals surface area contributed by atoms with E-state index in [4.69, 9.17) is 5.73 Å². The number of hydrogen-bond donors (Lipinski definition) is 2. The number of benzene rings is 2. The van der Waals surface area contributed by atoms with Gasteiger partial charge >= 0.3 is 0 Å². The third kappa shape index (κ3) is 1.81. The first kappa shape index (κ1) is 11.6. The lowest BCUT2D eigenvalue weighted by Gasteiger charge is -2.01. The van der Waals surface area contributed by atoms with Crippen LogP contribution in [-0.2, 0) is 0 Å². The summed E-state index contributed by atoms with van der Waals surface area (Å²) in [7, 11) is 0. The third-order valence-corrected chi connectivity index (χ3v) is 2.82. The molecule has 0 bridgehead atoms. The topological polar surface area (TPSA) is 54.7 Å². The predicted molar refractivity (Wildman–Crippen MR) is 65.8 cm³/mol. The lowest BCUT2D eigenvalue weighted by atomic mass is 10.1. The van der Waals surface area contributed by atoms with Gasteiger partial charge in [-0.1, -0.05) is 0 Å². The molecule has 3 aromatic rings. The summed E-state index contributed by atoms with van der Waals surface area (Å²) >= 11 is 0. The molecule has 1 aromatic heterocycles. The van der Waals surface area contributed by atoms with Crippen molar-refractivity contribution in [3.05, 3.63) is 47.8 Å². The van der Waals surface area contributed by atoms with E-state index >= 15 is 0 Å². The summed E-state index contributed by atoms with van der Waals surface area (Å²) in [5.41, 5.74) is 6.49. The average molecular weight is 263 g/mol. The van der Waals surface area contributed by atoms with E-state index in [1.54, 1.807) is 0 Å². The second-order valence-electron chi connectivity index (χ2n) is 4.07. The van der Waals surface area contributed by atoms with Crippen molar-refractivity contribution in [3.63, 3.8) is 0 Å². The van der Waals surface area contributed by atoms with Crippen molar-refractivity contribution < 1.29 is 13.2 Å². The van der Waals surface area contributed by atoms with Crippen LogP contribution in [0.4, 0.5) is 18.9 Å². The van der Waals surface area contributed by atoms with E-state index in [2.05, 4.69) is 9.97 Å². The molecule has 0 fully saturated rings. The number of nitrogens with one attached hydrogen (secondary N) is 1. The smallest absolute Gasteiger partial charge is 0.186 e. The standard InChI is InChI=1S/C13H8F3N3/c14-6-1-3-9(17)7(5-6)13-18-10-4-2-8(15)11(16)12(10)19-13/h1-5H,17H2,(H,18,19). The Hall–Kier alpha value is -2.50. The van der Waals surface area contributed by atoms with Gasteiger partial charge in [-0.2, -0.15) is 0 Å². The molecule has 0 spiro atoms. The zero-order chi connectivity index (χ0) is 13.6. The van der Waals surface area contributed by atoms with Crippen LogP contribution in [0.2, 0.25) is 0 Å². The minimum atomic E-state index is -1.05. The van der Waals surface area contributed by atoms with Gasteiger partial charge < -0.3 is 10.7 Å². The van der Waals surface area contributed by atoms with Crippen LogP contribution < -0.4 is 5.73 Å². The lowest BCUT2D eigenvalue weighted by molar-refractivity contribution is 0.515. The molecule has 3 N–H and O–H groups in total. The second kappa shape index (κ2) is 4.01. The number of halogens is 3. The van der Waals surface area contributed by atoms with Crippen molar-refractivity contribution in [2.45, 2.75) is 0 Å². The van der Waals surface area contributed by atoms with E-state index in [0.717, 1.165) is 6.07 Å². The Morgan fingerprint density at radius 3 is 2.63 bits per heavy atom. The zero-order valence-corrected chi connectivity index (χ0v) is 9.55. The van der Waals surface area contributed by atoms with Crippen molar-refractivity contribution in [3.8, 4) is 11.4 Å². The molecule has 0 aliphatic carbocycles. The molecule has 19 heavy (non-hydrogen) atoms. The number of aromatic nitrogens is 2. The highest BCUT2D eigenvalue weighted by Gasteiger charge is 2.14. The molecule has 0 atom stereocenters. The molecule has 6 heteroatoms. The number of nitrogens with zero attached hydrogens (tertiary/aromatic N) is 1. The van der Waals surface area contributed by atoms with E-state index in [1.165, 1.54) is 24.3 Å². The first-order valence-corrected chi connectivity index (χ1v) is 5.45. The van der Waals surface area contributed by atoms with Gasteiger partial charge in [0.1, 0.15) is 17.2 Å². The van der Waals surface area contributed by atoms with Gasteiger partial charge in [0.05, 0.1) is 5.52 Å². The first-order chi connectivity index (χ1) is 9.06. The summed E-state index contributed by atoms with van der Waals surface area (Å²) in [5.74, 6) is -2.33. The predicted octanol–water partition coefficient (Wildman–Crippen LogP) is 3.23. The van der Waals surface area contributed by atoms with Gasteiger partial charge in [-0.15, -0.1) is 0 Å². The Labute approximate surface area is 105 Å². The van der Waals surface area contributed by atoms with Crippen LogP contribution in [0.3, 0.4) is 0 Å². The maximum atomic E-state index is 13.5. The van der Waals surface area contributed by atoms with Gasteiger partial charge in [-0.05, 0) is 30.3 Å². The Balaban J connectivity index is 2.26. The number of anilines is 1. The van der Waals surface area contributed by atoms with Gasteiger partial charge in [0.15, 0.2) is 11.6 Å². The molecule has 3 rings (SSSR count). The molecule has 0 aliphatic heterocycles. The van der Waals surface area contributed by atoms with Crippen LogP contribution >= 0.6 is 0 Å². The van der Waals surface area contributed by atoms with Gasteiger partial charge in [-0.3, -0.25) is 0 Å². The Morgan fingerprint density at radius 1 is 1.05 bits per heavy atom. The minimum absolute atomic E-state index is 0.140. The number of fused-ring (bicyclic) bond motifs is 1. The molecule has 0 aliphatic rings. The monoisotopic (exact) mass is 263 g/mol. The van der Waals surface area contributed by atoms with Gasteiger partial charge in [0.2, 0.25) is 0 Å². The Bertz CT molecular complexity index is 780. The van der Waals surface area contributed by atoms with Crippen LogP contribution in [0.15, 0.2) is 30.3 Å². The average Bonchev–Trinajstić information content (AvgIpc) is 2.81. The molecule has 0 saturated heterocycles. The normalized spacial score (nSPS) is 11.1. The SMILES string of the molecule is Nc1ccc(F)cc1-c1nc2c(F)c(F)ccc2[nH]1. The van der Waals surface area contributed by atoms with Crippen LogP contribution in [0.5, 0.6) is 0 Å². The summed E-state index contributed by atoms with van der Waals surface area (Å²) in [4.78, 5) is 6.71. The van der Waals surface area contributed by atoms with Gasteiger partial charge in [0.25, 0.3) is 0 Å². The van der Waals surface area contributed by atoms with Crippen LogP contribution in [-0.4, -0.2) is 9.97 Å². The summed E-state index contributed by atoms with van der Waals surface area (Å²) < 4.78 is 39.8.